The summed E-state index contributed by atoms with van der Waals surface area (Å²) in [6.45, 7) is 6.62. The lowest BCUT2D eigenvalue weighted by atomic mass is 10.1. The number of piperazine rings is 1. The minimum absolute atomic E-state index is 0.0348. The molecule has 0 N–H and O–H groups in total. The second-order valence-electron chi connectivity index (χ2n) is 7.62. The molecular formula is C21H23N7O3. The fourth-order valence-electron chi connectivity index (χ4n) is 3.72. The van der Waals surface area contributed by atoms with E-state index in [0.717, 1.165) is 17.1 Å². The molecule has 1 amide bonds. The van der Waals surface area contributed by atoms with Crippen LogP contribution in [0.2, 0.25) is 0 Å². The Morgan fingerprint density at radius 1 is 1.06 bits per heavy atom. The van der Waals surface area contributed by atoms with Gasteiger partial charge in [0.1, 0.15) is 0 Å². The van der Waals surface area contributed by atoms with Crippen molar-refractivity contribution in [2.75, 3.05) is 26.2 Å². The number of carbonyl (C=O) groups excluding carboxylic acids is 1. The number of tetrazole rings is 1. The van der Waals surface area contributed by atoms with E-state index in [1.165, 1.54) is 6.07 Å². The number of rotatable bonds is 5. The summed E-state index contributed by atoms with van der Waals surface area (Å²) >= 11 is 0. The van der Waals surface area contributed by atoms with Gasteiger partial charge in [-0.25, -0.2) is 0 Å². The number of carbonyl (C=O) groups is 1. The monoisotopic (exact) mass is 421 g/mol. The summed E-state index contributed by atoms with van der Waals surface area (Å²) < 4.78 is 1.73. The Morgan fingerprint density at radius 2 is 1.77 bits per heavy atom. The number of nitro benzene ring substituents is 1. The van der Waals surface area contributed by atoms with Crippen LogP contribution in [-0.2, 0) is 6.54 Å². The van der Waals surface area contributed by atoms with Crippen LogP contribution in [0, 0.1) is 24.0 Å². The van der Waals surface area contributed by atoms with E-state index in [1.54, 1.807) is 28.6 Å². The summed E-state index contributed by atoms with van der Waals surface area (Å²) in [5.41, 5.74) is 2.81. The molecule has 3 aromatic rings. The lowest BCUT2D eigenvalue weighted by Crippen LogP contribution is -2.48. The van der Waals surface area contributed by atoms with Gasteiger partial charge in [-0.3, -0.25) is 19.8 Å². The van der Waals surface area contributed by atoms with Gasteiger partial charge in [0.05, 0.1) is 17.2 Å². The van der Waals surface area contributed by atoms with Gasteiger partial charge < -0.3 is 4.90 Å². The first-order valence-electron chi connectivity index (χ1n) is 10.0. The fourth-order valence-corrected chi connectivity index (χ4v) is 3.72. The molecule has 1 fully saturated rings. The topological polar surface area (TPSA) is 110 Å². The smallest absolute Gasteiger partial charge is 0.273 e. The van der Waals surface area contributed by atoms with E-state index in [4.69, 9.17) is 0 Å². The molecule has 0 bridgehead atoms. The Morgan fingerprint density at radius 3 is 2.45 bits per heavy atom. The molecular weight excluding hydrogens is 398 g/mol. The van der Waals surface area contributed by atoms with Crippen LogP contribution in [0.1, 0.15) is 27.3 Å². The number of aryl methyl sites for hydroxylation is 1. The molecule has 160 valence electrons. The van der Waals surface area contributed by atoms with Crippen LogP contribution in [0.5, 0.6) is 0 Å². The number of nitrogens with zero attached hydrogens (tertiary/aromatic N) is 7. The summed E-state index contributed by atoms with van der Waals surface area (Å²) in [5, 5.41) is 23.3. The first kappa shape index (κ1) is 20.6. The zero-order valence-electron chi connectivity index (χ0n) is 17.4. The van der Waals surface area contributed by atoms with Gasteiger partial charge in [0, 0.05) is 43.4 Å². The van der Waals surface area contributed by atoms with Crippen LogP contribution in [0.25, 0.3) is 5.69 Å². The van der Waals surface area contributed by atoms with Crippen LogP contribution >= 0.6 is 0 Å². The number of aromatic nitrogens is 4. The van der Waals surface area contributed by atoms with Crippen LogP contribution in [0.3, 0.4) is 0 Å². The maximum atomic E-state index is 12.9. The van der Waals surface area contributed by atoms with Crippen molar-refractivity contribution in [1.29, 1.82) is 0 Å². The minimum Gasteiger partial charge on any atom is -0.336 e. The van der Waals surface area contributed by atoms with Gasteiger partial charge in [-0.05, 0) is 42.5 Å². The number of benzene rings is 2. The Bertz CT molecular complexity index is 1100. The average molecular weight is 421 g/mol. The molecule has 1 aromatic heterocycles. The third-order valence-electron chi connectivity index (χ3n) is 5.57. The number of hydrogen-bond acceptors (Lipinski definition) is 7. The summed E-state index contributed by atoms with van der Waals surface area (Å²) in [6.07, 6.45) is 0. The van der Waals surface area contributed by atoms with Gasteiger partial charge >= 0.3 is 0 Å². The minimum atomic E-state index is -0.456. The van der Waals surface area contributed by atoms with E-state index in [1.807, 2.05) is 31.2 Å². The summed E-state index contributed by atoms with van der Waals surface area (Å²) in [5.74, 6) is 0.559. The highest BCUT2D eigenvalue weighted by atomic mass is 16.6. The molecule has 1 saturated heterocycles. The van der Waals surface area contributed by atoms with E-state index >= 15 is 0 Å². The number of amides is 1. The maximum Gasteiger partial charge on any atom is 0.273 e. The molecule has 0 radical (unpaired) electrons. The lowest BCUT2D eigenvalue weighted by molar-refractivity contribution is -0.385. The molecule has 1 aliphatic heterocycles. The van der Waals surface area contributed by atoms with Crippen LogP contribution in [0.15, 0.2) is 42.5 Å². The molecule has 0 saturated carbocycles. The normalized spacial score (nSPS) is 14.6. The van der Waals surface area contributed by atoms with E-state index in [2.05, 4.69) is 20.4 Å². The Hall–Kier alpha value is -3.66. The zero-order chi connectivity index (χ0) is 22.0. The van der Waals surface area contributed by atoms with Crippen molar-refractivity contribution in [3.05, 3.63) is 75.1 Å². The number of nitro groups is 1. The van der Waals surface area contributed by atoms with Crippen LogP contribution in [-0.4, -0.2) is 67.0 Å². The van der Waals surface area contributed by atoms with Crippen molar-refractivity contribution in [2.45, 2.75) is 20.4 Å². The highest BCUT2D eigenvalue weighted by molar-refractivity contribution is 5.96. The molecule has 10 heteroatoms. The molecule has 4 rings (SSSR count). The van der Waals surface area contributed by atoms with E-state index in [9.17, 15) is 14.9 Å². The van der Waals surface area contributed by atoms with Crippen LogP contribution < -0.4 is 0 Å². The molecule has 2 heterocycles. The first-order chi connectivity index (χ1) is 14.9. The molecule has 0 aliphatic carbocycles. The quantitative estimate of drug-likeness (QED) is 0.458. The molecule has 1 aliphatic rings. The molecule has 31 heavy (non-hydrogen) atoms. The van der Waals surface area contributed by atoms with Gasteiger partial charge in [-0.1, -0.05) is 23.8 Å². The number of hydrogen-bond donors (Lipinski definition) is 0. The zero-order valence-corrected chi connectivity index (χ0v) is 17.4. The Balaban J connectivity index is 1.41. The van der Waals surface area contributed by atoms with Crippen molar-refractivity contribution in [1.82, 2.24) is 30.0 Å². The van der Waals surface area contributed by atoms with Gasteiger partial charge in [0.15, 0.2) is 5.82 Å². The molecule has 2 aromatic carbocycles. The first-order valence-corrected chi connectivity index (χ1v) is 10.0. The second-order valence-corrected chi connectivity index (χ2v) is 7.62. The molecule has 0 atom stereocenters. The van der Waals surface area contributed by atoms with Crippen molar-refractivity contribution < 1.29 is 9.72 Å². The van der Waals surface area contributed by atoms with E-state index in [-0.39, 0.29) is 11.6 Å². The third kappa shape index (κ3) is 4.29. The van der Waals surface area contributed by atoms with Gasteiger partial charge in [0.25, 0.3) is 11.6 Å². The summed E-state index contributed by atoms with van der Waals surface area (Å²) in [4.78, 5) is 27.6. The molecule has 10 nitrogen and oxygen atoms in total. The van der Waals surface area contributed by atoms with E-state index < -0.39 is 4.92 Å². The maximum absolute atomic E-state index is 12.9. The largest absolute Gasteiger partial charge is 0.336 e. The highest BCUT2D eigenvalue weighted by Gasteiger charge is 2.26. The lowest BCUT2D eigenvalue weighted by Gasteiger charge is -2.34. The second kappa shape index (κ2) is 8.60. The van der Waals surface area contributed by atoms with Crippen molar-refractivity contribution in [3.8, 4) is 5.69 Å². The van der Waals surface area contributed by atoms with Gasteiger partial charge in [-0.15, -0.1) is 5.10 Å². The summed E-state index contributed by atoms with van der Waals surface area (Å²) in [7, 11) is 0. The SMILES string of the molecule is Cc1ccc(-n2nnnc2CN2CCN(C(=O)c3cccc([N+](=O)[O-])c3C)CC2)cc1. The molecule has 0 unspecified atom stereocenters. The Labute approximate surface area is 179 Å². The predicted molar refractivity (Wildman–Crippen MR) is 113 cm³/mol. The van der Waals surface area contributed by atoms with Crippen molar-refractivity contribution >= 4 is 11.6 Å². The standard InChI is InChI=1S/C21H23N7O3/c1-15-6-8-17(9-7-15)27-20(22-23-24-27)14-25-10-12-26(13-11-25)21(29)18-4-3-5-19(16(18)2)28(30)31/h3-9H,10-14H2,1-2H3. The highest BCUT2D eigenvalue weighted by Crippen LogP contribution is 2.23. The fraction of sp³-hybridized carbons (Fsp3) is 0.333. The van der Waals surface area contributed by atoms with Crippen molar-refractivity contribution in [3.63, 3.8) is 0 Å². The third-order valence-corrected chi connectivity index (χ3v) is 5.57. The average Bonchev–Trinajstić information content (AvgIpc) is 3.22. The predicted octanol–water partition coefficient (Wildman–Crippen LogP) is 2.15. The van der Waals surface area contributed by atoms with Gasteiger partial charge in [0.2, 0.25) is 0 Å². The van der Waals surface area contributed by atoms with Gasteiger partial charge in [-0.2, -0.15) is 4.68 Å². The van der Waals surface area contributed by atoms with E-state index in [0.29, 0.717) is 43.9 Å². The summed E-state index contributed by atoms with van der Waals surface area (Å²) in [6, 6.07) is 12.6. The van der Waals surface area contributed by atoms with Crippen molar-refractivity contribution in [2.24, 2.45) is 0 Å². The van der Waals surface area contributed by atoms with Crippen LogP contribution in [0.4, 0.5) is 5.69 Å². The Kier molecular flexibility index (Phi) is 5.72. The molecule has 0 spiro atoms.